The highest BCUT2D eigenvalue weighted by atomic mass is 19.1. The molecule has 0 radical (unpaired) electrons. The second-order valence-electron chi connectivity index (χ2n) is 6.11. The summed E-state index contributed by atoms with van der Waals surface area (Å²) >= 11 is 0. The van der Waals surface area contributed by atoms with E-state index in [9.17, 15) is 9.18 Å². The van der Waals surface area contributed by atoms with Gasteiger partial charge in [0.05, 0.1) is 5.56 Å². The molecule has 0 aliphatic heterocycles. The molecule has 0 saturated heterocycles. The first-order valence-electron chi connectivity index (χ1n) is 8.42. The molecule has 0 spiro atoms. The van der Waals surface area contributed by atoms with Gasteiger partial charge in [0.2, 0.25) is 0 Å². The van der Waals surface area contributed by atoms with Gasteiger partial charge in [-0.25, -0.2) is 9.37 Å². The minimum atomic E-state index is -0.196. The number of aromatic nitrogens is 1. The van der Waals surface area contributed by atoms with Gasteiger partial charge in [0.25, 0.3) is 5.91 Å². The first-order chi connectivity index (χ1) is 12.1. The number of benzene rings is 1. The van der Waals surface area contributed by atoms with Crippen LogP contribution in [0, 0.1) is 5.82 Å². The van der Waals surface area contributed by atoms with Crippen molar-refractivity contribution in [2.45, 2.75) is 12.8 Å². The van der Waals surface area contributed by atoms with E-state index in [0.717, 1.165) is 13.0 Å². The molecular weight excluding hydrogens is 319 g/mol. The summed E-state index contributed by atoms with van der Waals surface area (Å²) in [5.41, 5.74) is 1.20. The van der Waals surface area contributed by atoms with Crippen LogP contribution < -0.4 is 10.6 Å². The summed E-state index contributed by atoms with van der Waals surface area (Å²) in [6.07, 6.45) is 3.02. The average Bonchev–Trinajstić information content (AvgIpc) is 2.60. The Balaban J connectivity index is 1.75. The van der Waals surface area contributed by atoms with Crippen LogP contribution in [0.15, 0.2) is 42.6 Å². The summed E-state index contributed by atoms with van der Waals surface area (Å²) in [6.45, 7) is 2.15. The van der Waals surface area contributed by atoms with Gasteiger partial charge in [-0.05, 0) is 57.2 Å². The molecular formula is C19H25FN4O. The van der Waals surface area contributed by atoms with Crippen molar-refractivity contribution in [3.05, 3.63) is 59.5 Å². The molecule has 0 atom stereocenters. The Hall–Kier alpha value is -2.47. The van der Waals surface area contributed by atoms with Gasteiger partial charge < -0.3 is 15.5 Å². The topological polar surface area (TPSA) is 57.3 Å². The van der Waals surface area contributed by atoms with E-state index in [1.165, 1.54) is 6.07 Å². The molecule has 2 aromatic rings. The molecule has 1 amide bonds. The summed E-state index contributed by atoms with van der Waals surface area (Å²) in [5, 5.41) is 6.01. The summed E-state index contributed by atoms with van der Waals surface area (Å²) in [5.74, 6) is 0.350. The summed E-state index contributed by atoms with van der Waals surface area (Å²) in [4.78, 5) is 18.3. The second kappa shape index (κ2) is 9.74. The SMILES string of the molecule is CN(C)CCCNC(=O)c1ccc(NCCc2ccccc2F)nc1. The van der Waals surface area contributed by atoms with E-state index in [1.54, 1.807) is 30.5 Å². The van der Waals surface area contributed by atoms with Crippen LogP contribution in [0.4, 0.5) is 10.2 Å². The zero-order chi connectivity index (χ0) is 18.1. The number of amides is 1. The van der Waals surface area contributed by atoms with Crippen molar-refractivity contribution >= 4 is 11.7 Å². The molecule has 0 unspecified atom stereocenters. The highest BCUT2D eigenvalue weighted by Crippen LogP contribution is 2.09. The minimum Gasteiger partial charge on any atom is -0.370 e. The monoisotopic (exact) mass is 344 g/mol. The number of carbonyl (C=O) groups excluding carboxylic acids is 1. The van der Waals surface area contributed by atoms with Crippen LogP contribution in [0.1, 0.15) is 22.3 Å². The maximum absolute atomic E-state index is 13.5. The van der Waals surface area contributed by atoms with E-state index in [0.29, 0.717) is 36.5 Å². The largest absolute Gasteiger partial charge is 0.370 e. The van der Waals surface area contributed by atoms with Crippen LogP contribution >= 0.6 is 0 Å². The smallest absolute Gasteiger partial charge is 0.252 e. The van der Waals surface area contributed by atoms with Crippen molar-refractivity contribution in [3.63, 3.8) is 0 Å². The Morgan fingerprint density at radius 3 is 2.64 bits per heavy atom. The molecule has 1 aromatic heterocycles. The Labute approximate surface area is 148 Å². The quantitative estimate of drug-likeness (QED) is 0.687. The number of nitrogens with one attached hydrogen (secondary N) is 2. The third kappa shape index (κ3) is 6.51. The molecule has 0 fully saturated rings. The number of hydrogen-bond donors (Lipinski definition) is 2. The van der Waals surface area contributed by atoms with E-state index in [4.69, 9.17) is 0 Å². The zero-order valence-corrected chi connectivity index (χ0v) is 14.8. The third-order valence-electron chi connectivity index (χ3n) is 3.75. The first-order valence-corrected chi connectivity index (χ1v) is 8.42. The molecule has 0 aliphatic carbocycles. The number of carbonyl (C=O) groups is 1. The van der Waals surface area contributed by atoms with Crippen molar-refractivity contribution < 1.29 is 9.18 Å². The first kappa shape index (κ1) is 18.9. The third-order valence-corrected chi connectivity index (χ3v) is 3.75. The standard InChI is InChI=1S/C19H25FN4O/c1-24(2)13-5-11-22-19(25)16-8-9-18(23-14-16)21-12-10-15-6-3-4-7-17(15)20/h3-4,6-9,14H,5,10-13H2,1-2H3,(H,21,23)(H,22,25). The summed E-state index contributed by atoms with van der Waals surface area (Å²) < 4.78 is 13.5. The molecule has 5 nitrogen and oxygen atoms in total. The van der Waals surface area contributed by atoms with Gasteiger partial charge in [-0.1, -0.05) is 18.2 Å². The summed E-state index contributed by atoms with van der Waals surface area (Å²) in [7, 11) is 4.01. The Kier molecular flexibility index (Phi) is 7.35. The maximum atomic E-state index is 13.5. The number of pyridine rings is 1. The molecule has 0 saturated carbocycles. The van der Waals surface area contributed by atoms with E-state index >= 15 is 0 Å². The van der Waals surface area contributed by atoms with Crippen molar-refractivity contribution in [3.8, 4) is 0 Å². The van der Waals surface area contributed by atoms with Crippen molar-refractivity contribution in [1.29, 1.82) is 0 Å². The molecule has 0 aliphatic rings. The van der Waals surface area contributed by atoms with Crippen LogP contribution in [-0.2, 0) is 6.42 Å². The second-order valence-corrected chi connectivity index (χ2v) is 6.11. The van der Waals surface area contributed by atoms with Gasteiger partial charge in [0.1, 0.15) is 11.6 Å². The highest BCUT2D eigenvalue weighted by Gasteiger charge is 2.06. The van der Waals surface area contributed by atoms with Crippen LogP contribution in [0.5, 0.6) is 0 Å². The fourth-order valence-electron chi connectivity index (χ4n) is 2.36. The minimum absolute atomic E-state index is 0.121. The van der Waals surface area contributed by atoms with Gasteiger partial charge in [-0.15, -0.1) is 0 Å². The molecule has 1 heterocycles. The van der Waals surface area contributed by atoms with Gasteiger partial charge >= 0.3 is 0 Å². The fourth-order valence-corrected chi connectivity index (χ4v) is 2.36. The van der Waals surface area contributed by atoms with E-state index in [1.807, 2.05) is 20.2 Å². The van der Waals surface area contributed by atoms with Gasteiger partial charge in [-0.3, -0.25) is 4.79 Å². The van der Waals surface area contributed by atoms with E-state index in [-0.39, 0.29) is 11.7 Å². The maximum Gasteiger partial charge on any atom is 0.252 e. The van der Waals surface area contributed by atoms with Gasteiger partial charge in [-0.2, -0.15) is 0 Å². The van der Waals surface area contributed by atoms with E-state index < -0.39 is 0 Å². The molecule has 134 valence electrons. The lowest BCUT2D eigenvalue weighted by Crippen LogP contribution is -2.27. The van der Waals surface area contributed by atoms with Gasteiger partial charge in [0, 0.05) is 19.3 Å². The lowest BCUT2D eigenvalue weighted by molar-refractivity contribution is 0.0952. The van der Waals surface area contributed by atoms with Crippen LogP contribution in [0.25, 0.3) is 0 Å². The van der Waals surface area contributed by atoms with Crippen molar-refractivity contribution in [1.82, 2.24) is 15.2 Å². The number of nitrogens with zero attached hydrogens (tertiary/aromatic N) is 2. The lowest BCUT2D eigenvalue weighted by Gasteiger charge is -2.10. The number of hydrogen-bond acceptors (Lipinski definition) is 4. The normalized spacial score (nSPS) is 10.7. The predicted octanol–water partition coefficient (Wildman–Crippen LogP) is 2.56. The van der Waals surface area contributed by atoms with Crippen molar-refractivity contribution in [2.24, 2.45) is 0 Å². The molecule has 1 aromatic carbocycles. The van der Waals surface area contributed by atoms with Crippen molar-refractivity contribution in [2.75, 3.05) is 39.0 Å². The Morgan fingerprint density at radius 2 is 1.96 bits per heavy atom. The summed E-state index contributed by atoms with van der Waals surface area (Å²) in [6, 6.07) is 10.2. The molecule has 2 rings (SSSR count). The average molecular weight is 344 g/mol. The Bertz CT molecular complexity index is 673. The van der Waals surface area contributed by atoms with E-state index in [2.05, 4.69) is 20.5 Å². The number of halogens is 1. The number of anilines is 1. The van der Waals surface area contributed by atoms with Crippen LogP contribution in [0.3, 0.4) is 0 Å². The predicted molar refractivity (Wildman–Crippen MR) is 98.3 cm³/mol. The van der Waals surface area contributed by atoms with Crippen LogP contribution in [0.2, 0.25) is 0 Å². The lowest BCUT2D eigenvalue weighted by atomic mass is 10.1. The fraction of sp³-hybridized carbons (Fsp3) is 0.368. The Morgan fingerprint density at radius 1 is 1.16 bits per heavy atom. The zero-order valence-electron chi connectivity index (χ0n) is 14.8. The van der Waals surface area contributed by atoms with Gasteiger partial charge in [0.15, 0.2) is 0 Å². The van der Waals surface area contributed by atoms with Crippen LogP contribution in [-0.4, -0.2) is 49.5 Å². The number of rotatable bonds is 9. The highest BCUT2D eigenvalue weighted by molar-refractivity contribution is 5.94. The molecule has 25 heavy (non-hydrogen) atoms. The molecule has 6 heteroatoms. The molecule has 2 N–H and O–H groups in total. The molecule has 0 bridgehead atoms.